The maximum Gasteiger partial charge on any atom is 0.143 e. The van der Waals surface area contributed by atoms with Gasteiger partial charge in [0.2, 0.25) is 0 Å². The molecular weight excluding hydrogens is 510 g/mol. The van der Waals surface area contributed by atoms with Crippen LogP contribution in [-0.2, 0) is 0 Å². The second kappa shape index (κ2) is 10.1. The molecule has 0 aliphatic rings. The van der Waals surface area contributed by atoms with Crippen LogP contribution in [0.25, 0.3) is 55.0 Å². The van der Waals surface area contributed by atoms with Gasteiger partial charge in [-0.1, -0.05) is 115 Å². The summed E-state index contributed by atoms with van der Waals surface area (Å²) in [5.41, 5.74) is 9.86. The minimum absolute atomic E-state index is 0.875. The molecule has 0 radical (unpaired) electrons. The molecule has 1 aromatic heterocycles. The quantitative estimate of drug-likeness (QED) is 0.217. The maximum atomic E-state index is 6.67. The molecule has 0 saturated heterocycles. The van der Waals surface area contributed by atoms with Gasteiger partial charge in [-0.3, -0.25) is 0 Å². The Kier molecular flexibility index (Phi) is 5.82. The molecule has 8 aromatic rings. The van der Waals surface area contributed by atoms with Gasteiger partial charge in [0.25, 0.3) is 0 Å². The Balaban J connectivity index is 1.30. The minimum Gasteiger partial charge on any atom is -0.455 e. The van der Waals surface area contributed by atoms with Crippen LogP contribution in [0, 0.1) is 0 Å². The maximum absolute atomic E-state index is 6.67. The second-order valence-corrected chi connectivity index (χ2v) is 10.6. The first-order valence-electron chi connectivity index (χ1n) is 14.3. The predicted octanol–water partition coefficient (Wildman–Crippen LogP) is 11.5. The van der Waals surface area contributed by atoms with Gasteiger partial charge in [0.05, 0.1) is 0 Å². The van der Waals surface area contributed by atoms with E-state index in [0.29, 0.717) is 0 Å². The lowest BCUT2D eigenvalue weighted by Gasteiger charge is -2.25. The first-order chi connectivity index (χ1) is 20.8. The molecule has 0 saturated carbocycles. The average Bonchev–Trinajstić information content (AvgIpc) is 3.44. The highest BCUT2D eigenvalue weighted by Gasteiger charge is 2.18. The molecule has 0 amide bonds. The molecule has 8 rings (SSSR count). The molecule has 2 nitrogen and oxygen atoms in total. The first kappa shape index (κ1) is 24.2. The number of furan rings is 1. The highest BCUT2D eigenvalue weighted by atomic mass is 16.3. The number of anilines is 3. The summed E-state index contributed by atoms with van der Waals surface area (Å²) in [4.78, 5) is 2.29. The van der Waals surface area contributed by atoms with Gasteiger partial charge in [-0.25, -0.2) is 0 Å². The third-order valence-electron chi connectivity index (χ3n) is 8.05. The fourth-order valence-corrected chi connectivity index (χ4v) is 6.04. The number of nitrogens with zero attached hydrogens (tertiary/aromatic N) is 1. The van der Waals surface area contributed by atoms with Crippen LogP contribution >= 0.6 is 0 Å². The smallest absolute Gasteiger partial charge is 0.143 e. The van der Waals surface area contributed by atoms with Crippen LogP contribution in [-0.4, -0.2) is 0 Å². The largest absolute Gasteiger partial charge is 0.455 e. The Morgan fingerprint density at radius 3 is 1.62 bits per heavy atom. The van der Waals surface area contributed by atoms with E-state index in [1.54, 1.807) is 0 Å². The summed E-state index contributed by atoms with van der Waals surface area (Å²) in [5, 5.41) is 4.57. The Morgan fingerprint density at radius 1 is 0.357 bits per heavy atom. The monoisotopic (exact) mass is 537 g/mol. The molecule has 0 fully saturated rings. The summed E-state index contributed by atoms with van der Waals surface area (Å²) in [7, 11) is 0. The summed E-state index contributed by atoms with van der Waals surface area (Å²) >= 11 is 0. The molecular formula is C40H27NO. The van der Waals surface area contributed by atoms with E-state index in [2.05, 4.69) is 169 Å². The van der Waals surface area contributed by atoms with Gasteiger partial charge < -0.3 is 9.32 Å². The van der Waals surface area contributed by atoms with Crippen LogP contribution in [0.4, 0.5) is 17.1 Å². The molecule has 0 atom stereocenters. The van der Waals surface area contributed by atoms with Gasteiger partial charge in [0, 0.05) is 39.3 Å². The topological polar surface area (TPSA) is 16.4 Å². The van der Waals surface area contributed by atoms with E-state index in [4.69, 9.17) is 4.42 Å². The first-order valence-corrected chi connectivity index (χ1v) is 14.3. The molecule has 198 valence electrons. The molecule has 2 heteroatoms. The number of rotatable bonds is 5. The lowest BCUT2D eigenvalue weighted by atomic mass is 9.95. The van der Waals surface area contributed by atoms with Crippen molar-refractivity contribution in [3.63, 3.8) is 0 Å². The summed E-state index contributed by atoms with van der Waals surface area (Å²) < 4.78 is 6.67. The number of benzene rings is 7. The number of para-hydroxylation sites is 1. The van der Waals surface area contributed by atoms with Crippen molar-refractivity contribution in [2.75, 3.05) is 4.90 Å². The van der Waals surface area contributed by atoms with Crippen LogP contribution in [0.1, 0.15) is 0 Å². The van der Waals surface area contributed by atoms with E-state index in [-0.39, 0.29) is 0 Å². The van der Waals surface area contributed by atoms with Gasteiger partial charge in [0.15, 0.2) is 0 Å². The van der Waals surface area contributed by atoms with E-state index < -0.39 is 0 Å². The molecule has 7 aromatic carbocycles. The number of hydrogen-bond acceptors (Lipinski definition) is 2. The minimum atomic E-state index is 0.875. The Hall–Kier alpha value is -5.60. The summed E-state index contributed by atoms with van der Waals surface area (Å²) in [6.45, 7) is 0. The molecule has 0 unspecified atom stereocenters. The van der Waals surface area contributed by atoms with Crippen LogP contribution in [0.3, 0.4) is 0 Å². The predicted molar refractivity (Wildman–Crippen MR) is 177 cm³/mol. The average molecular weight is 538 g/mol. The highest BCUT2D eigenvalue weighted by molar-refractivity contribution is 6.19. The molecule has 0 spiro atoms. The molecule has 42 heavy (non-hydrogen) atoms. The summed E-state index contributed by atoms with van der Waals surface area (Å²) in [5.74, 6) is 0. The van der Waals surface area contributed by atoms with Crippen molar-refractivity contribution in [1.29, 1.82) is 0 Å². The van der Waals surface area contributed by atoms with E-state index in [1.807, 2.05) is 0 Å². The molecule has 1 heterocycles. The Labute approximate surface area is 244 Å². The summed E-state index contributed by atoms with van der Waals surface area (Å²) in [6, 6.07) is 57.8. The molecule has 0 aliphatic heterocycles. The Bertz CT molecular complexity index is 2160. The zero-order valence-electron chi connectivity index (χ0n) is 22.9. The zero-order valence-corrected chi connectivity index (χ0v) is 22.9. The van der Waals surface area contributed by atoms with E-state index >= 15 is 0 Å². The van der Waals surface area contributed by atoms with Crippen LogP contribution in [0.2, 0.25) is 0 Å². The van der Waals surface area contributed by atoms with Gasteiger partial charge in [-0.2, -0.15) is 0 Å². The van der Waals surface area contributed by atoms with Crippen LogP contribution in [0.5, 0.6) is 0 Å². The van der Waals surface area contributed by atoms with Crippen molar-refractivity contribution in [2.45, 2.75) is 0 Å². The van der Waals surface area contributed by atoms with Crippen LogP contribution in [0.15, 0.2) is 168 Å². The van der Waals surface area contributed by atoms with Crippen molar-refractivity contribution < 1.29 is 4.42 Å². The standard InChI is InChI=1S/C40H27NO/c1-4-12-28(13-5-1)29-20-22-32(23-21-29)41(31-16-8-3-9-17-31)33-24-25-35-38-27-37(30-14-6-2-7-15-30)34-18-10-11-19-36(34)40(38)42-39(35)26-33/h1-27H. The molecule has 0 N–H and O–H groups in total. The van der Waals surface area contributed by atoms with Gasteiger partial charge in [-0.05, 0) is 70.1 Å². The van der Waals surface area contributed by atoms with Gasteiger partial charge in [-0.15, -0.1) is 0 Å². The van der Waals surface area contributed by atoms with Crippen molar-refractivity contribution >= 4 is 49.8 Å². The normalized spacial score (nSPS) is 11.3. The van der Waals surface area contributed by atoms with E-state index in [0.717, 1.165) is 44.4 Å². The van der Waals surface area contributed by atoms with Gasteiger partial charge in [0.1, 0.15) is 11.2 Å². The lowest BCUT2D eigenvalue weighted by molar-refractivity contribution is 0.673. The highest BCUT2D eigenvalue weighted by Crippen LogP contribution is 2.42. The summed E-state index contributed by atoms with van der Waals surface area (Å²) in [6.07, 6.45) is 0. The van der Waals surface area contributed by atoms with Crippen molar-refractivity contribution in [3.05, 3.63) is 164 Å². The zero-order chi connectivity index (χ0) is 27.9. The van der Waals surface area contributed by atoms with Crippen molar-refractivity contribution in [1.82, 2.24) is 0 Å². The fraction of sp³-hybridized carbons (Fsp3) is 0. The van der Waals surface area contributed by atoms with Gasteiger partial charge >= 0.3 is 0 Å². The second-order valence-electron chi connectivity index (χ2n) is 10.6. The van der Waals surface area contributed by atoms with E-state index in [1.165, 1.54) is 27.6 Å². The Morgan fingerprint density at radius 2 is 0.905 bits per heavy atom. The third kappa shape index (κ3) is 4.13. The third-order valence-corrected chi connectivity index (χ3v) is 8.05. The molecule has 0 aliphatic carbocycles. The molecule has 0 bridgehead atoms. The SMILES string of the molecule is c1ccc(-c2ccc(N(c3ccccc3)c3ccc4c(c3)oc3c5ccccc5c(-c5ccccc5)cc43)cc2)cc1. The van der Waals surface area contributed by atoms with Crippen molar-refractivity contribution in [3.8, 4) is 22.3 Å². The van der Waals surface area contributed by atoms with Crippen molar-refractivity contribution in [2.24, 2.45) is 0 Å². The fourth-order valence-electron chi connectivity index (χ4n) is 6.04. The number of hydrogen-bond donors (Lipinski definition) is 0. The number of fused-ring (bicyclic) bond motifs is 5. The van der Waals surface area contributed by atoms with Crippen LogP contribution < -0.4 is 4.90 Å². The lowest BCUT2D eigenvalue weighted by Crippen LogP contribution is -2.09. The van der Waals surface area contributed by atoms with E-state index in [9.17, 15) is 0 Å².